The van der Waals surface area contributed by atoms with E-state index < -0.39 is 12.1 Å². The van der Waals surface area contributed by atoms with Gasteiger partial charge in [0.15, 0.2) is 0 Å². The van der Waals surface area contributed by atoms with Crippen LogP contribution in [0.3, 0.4) is 0 Å². The van der Waals surface area contributed by atoms with Crippen molar-refractivity contribution < 1.29 is 15.0 Å². The summed E-state index contributed by atoms with van der Waals surface area (Å²) in [6, 6.07) is -0.527. The van der Waals surface area contributed by atoms with Crippen molar-refractivity contribution >= 4 is 5.91 Å². The number of hydrogen-bond acceptors (Lipinski definition) is 3. The summed E-state index contributed by atoms with van der Waals surface area (Å²) in [5, 5.41) is 23.1. The Kier molecular flexibility index (Phi) is 35.4. The molecule has 0 radical (unpaired) electrons. The van der Waals surface area contributed by atoms with Crippen LogP contribution in [-0.2, 0) is 4.79 Å². The van der Waals surface area contributed by atoms with Crippen molar-refractivity contribution in [2.45, 2.75) is 238 Å². The van der Waals surface area contributed by atoms with Crippen LogP contribution in [0.4, 0.5) is 0 Å². The largest absolute Gasteiger partial charge is 0.394 e. The van der Waals surface area contributed by atoms with Crippen molar-refractivity contribution in [3.8, 4) is 0 Å². The van der Waals surface area contributed by atoms with E-state index in [9.17, 15) is 15.0 Å². The van der Waals surface area contributed by atoms with Crippen LogP contribution in [0.5, 0.6) is 0 Å². The fourth-order valence-corrected chi connectivity index (χ4v) is 6.30. The summed E-state index contributed by atoms with van der Waals surface area (Å²) >= 11 is 0. The van der Waals surface area contributed by atoms with Gasteiger partial charge in [-0.15, -0.1) is 0 Å². The first kappa shape index (κ1) is 42.4. The molecule has 0 heterocycles. The molecule has 0 spiro atoms. The zero-order chi connectivity index (χ0) is 31.5. The summed E-state index contributed by atoms with van der Waals surface area (Å²) in [4.78, 5) is 12.3. The molecular weight excluding hydrogens is 530 g/mol. The molecule has 2 atom stereocenters. The molecule has 0 aromatic heterocycles. The topological polar surface area (TPSA) is 69.6 Å². The Morgan fingerprint density at radius 2 is 0.744 bits per heavy atom. The van der Waals surface area contributed by atoms with E-state index in [0.29, 0.717) is 12.8 Å². The Bertz CT molecular complexity index is 541. The average Bonchev–Trinajstić information content (AvgIpc) is 3.01. The average molecular weight is 610 g/mol. The summed E-state index contributed by atoms with van der Waals surface area (Å²) in [7, 11) is 0. The maximum Gasteiger partial charge on any atom is 0.220 e. The Morgan fingerprint density at radius 1 is 0.465 bits per heavy atom. The minimum absolute atomic E-state index is 0.0280. The summed E-state index contributed by atoms with van der Waals surface area (Å²) < 4.78 is 0. The van der Waals surface area contributed by atoms with Crippen molar-refractivity contribution in [1.82, 2.24) is 5.32 Å². The fourth-order valence-electron chi connectivity index (χ4n) is 6.30. The molecule has 1 amide bonds. The van der Waals surface area contributed by atoms with Gasteiger partial charge in [0.05, 0.1) is 18.8 Å². The van der Waals surface area contributed by atoms with Gasteiger partial charge < -0.3 is 15.5 Å². The smallest absolute Gasteiger partial charge is 0.220 e. The highest BCUT2D eigenvalue weighted by atomic mass is 16.3. The lowest BCUT2D eigenvalue weighted by molar-refractivity contribution is -0.123. The van der Waals surface area contributed by atoms with Crippen LogP contribution >= 0.6 is 0 Å². The van der Waals surface area contributed by atoms with E-state index in [1.54, 1.807) is 0 Å². The summed E-state index contributed by atoms with van der Waals surface area (Å²) in [5.74, 6) is -0.0280. The van der Waals surface area contributed by atoms with Crippen LogP contribution in [0, 0.1) is 0 Å². The van der Waals surface area contributed by atoms with Gasteiger partial charge in [-0.25, -0.2) is 0 Å². The number of aliphatic hydroxyl groups excluding tert-OH is 2. The first-order chi connectivity index (χ1) is 21.2. The Morgan fingerprint density at radius 3 is 1.05 bits per heavy atom. The first-order valence-corrected chi connectivity index (χ1v) is 19.7. The van der Waals surface area contributed by atoms with Gasteiger partial charge in [-0.05, 0) is 12.8 Å². The highest BCUT2D eigenvalue weighted by molar-refractivity contribution is 5.76. The van der Waals surface area contributed by atoms with Crippen LogP contribution in [0.1, 0.15) is 226 Å². The molecule has 4 heteroatoms. The van der Waals surface area contributed by atoms with Crippen molar-refractivity contribution in [3.63, 3.8) is 0 Å². The maximum absolute atomic E-state index is 12.3. The summed E-state index contributed by atoms with van der Waals surface area (Å²) in [6.45, 7) is 4.36. The molecule has 258 valence electrons. The van der Waals surface area contributed by atoms with Crippen molar-refractivity contribution in [2.24, 2.45) is 0 Å². The predicted octanol–water partition coefficient (Wildman–Crippen LogP) is 11.7. The second-order valence-corrected chi connectivity index (χ2v) is 13.7. The molecule has 0 bridgehead atoms. The van der Waals surface area contributed by atoms with Gasteiger partial charge in [0, 0.05) is 6.42 Å². The van der Waals surface area contributed by atoms with Crippen LogP contribution in [0.25, 0.3) is 0 Å². The standard InChI is InChI=1S/C39H79NO3/c1-3-5-7-9-11-13-15-17-18-19-20-21-22-23-25-27-29-31-33-35-39(43)40-37(36-41)38(42)34-32-30-28-26-24-16-14-12-10-8-6-4-2/h37-38,41-42H,3-36H2,1-2H3,(H,40,43)/t37-,38+/m0/s1. The van der Waals surface area contributed by atoms with Gasteiger partial charge in [-0.3, -0.25) is 4.79 Å². The number of carbonyl (C=O) groups excluding carboxylic acids is 1. The number of nitrogens with one attached hydrogen (secondary N) is 1. The Hall–Kier alpha value is -0.610. The van der Waals surface area contributed by atoms with Gasteiger partial charge >= 0.3 is 0 Å². The van der Waals surface area contributed by atoms with Crippen molar-refractivity contribution in [2.75, 3.05) is 6.61 Å². The van der Waals surface area contributed by atoms with Crippen LogP contribution in [0.2, 0.25) is 0 Å². The normalized spacial score (nSPS) is 12.9. The summed E-state index contributed by atoms with van der Waals surface area (Å²) in [5.41, 5.74) is 0. The molecule has 0 aliphatic rings. The van der Waals surface area contributed by atoms with E-state index in [0.717, 1.165) is 25.7 Å². The third-order valence-electron chi connectivity index (χ3n) is 9.37. The zero-order valence-corrected chi connectivity index (χ0v) is 29.5. The van der Waals surface area contributed by atoms with Gasteiger partial charge in [-0.2, -0.15) is 0 Å². The third kappa shape index (κ3) is 32.6. The first-order valence-electron chi connectivity index (χ1n) is 19.7. The lowest BCUT2D eigenvalue weighted by Crippen LogP contribution is -2.45. The number of aliphatic hydroxyl groups is 2. The third-order valence-corrected chi connectivity index (χ3v) is 9.37. The van der Waals surface area contributed by atoms with Gasteiger partial charge in [0.2, 0.25) is 5.91 Å². The molecule has 0 fully saturated rings. The number of carbonyl (C=O) groups is 1. The number of hydrogen-bond donors (Lipinski definition) is 3. The molecule has 0 unspecified atom stereocenters. The highest BCUT2D eigenvalue weighted by Crippen LogP contribution is 2.16. The minimum atomic E-state index is -0.651. The van der Waals surface area contributed by atoms with Crippen molar-refractivity contribution in [1.29, 1.82) is 0 Å². The molecule has 3 N–H and O–H groups in total. The molecule has 0 saturated carbocycles. The second kappa shape index (κ2) is 35.9. The van der Waals surface area contributed by atoms with Gasteiger partial charge in [0.25, 0.3) is 0 Å². The minimum Gasteiger partial charge on any atom is -0.394 e. The predicted molar refractivity (Wildman–Crippen MR) is 189 cm³/mol. The van der Waals surface area contributed by atoms with Gasteiger partial charge in [-0.1, -0.05) is 206 Å². The zero-order valence-electron chi connectivity index (χ0n) is 29.5. The van der Waals surface area contributed by atoms with E-state index in [-0.39, 0.29) is 12.5 Å². The van der Waals surface area contributed by atoms with Crippen LogP contribution in [-0.4, -0.2) is 34.9 Å². The number of unbranched alkanes of at least 4 members (excludes halogenated alkanes) is 29. The lowest BCUT2D eigenvalue weighted by Gasteiger charge is -2.22. The summed E-state index contributed by atoms with van der Waals surface area (Å²) in [6.07, 6.45) is 41.6. The molecule has 43 heavy (non-hydrogen) atoms. The molecule has 0 aliphatic heterocycles. The maximum atomic E-state index is 12.3. The number of amides is 1. The monoisotopic (exact) mass is 610 g/mol. The molecule has 0 saturated heterocycles. The molecular formula is C39H79NO3. The molecule has 0 aliphatic carbocycles. The Labute approximate surface area is 270 Å². The van der Waals surface area contributed by atoms with Crippen LogP contribution < -0.4 is 5.32 Å². The lowest BCUT2D eigenvalue weighted by atomic mass is 10.0. The number of rotatable bonds is 36. The fraction of sp³-hybridized carbons (Fsp3) is 0.974. The van der Waals surface area contributed by atoms with Crippen LogP contribution in [0.15, 0.2) is 0 Å². The van der Waals surface area contributed by atoms with E-state index in [4.69, 9.17) is 0 Å². The van der Waals surface area contributed by atoms with Crippen molar-refractivity contribution in [3.05, 3.63) is 0 Å². The van der Waals surface area contributed by atoms with E-state index in [2.05, 4.69) is 19.2 Å². The second-order valence-electron chi connectivity index (χ2n) is 13.7. The van der Waals surface area contributed by atoms with E-state index >= 15 is 0 Å². The van der Waals surface area contributed by atoms with E-state index in [1.165, 1.54) is 173 Å². The molecule has 0 rings (SSSR count). The van der Waals surface area contributed by atoms with Gasteiger partial charge in [0.1, 0.15) is 0 Å². The SMILES string of the molecule is CCCCCCCCCCCCCCCCCCCCCC(=O)N[C@@H](CO)[C@H](O)CCCCCCCCCCCCCC. The van der Waals surface area contributed by atoms with E-state index in [1.807, 2.05) is 0 Å². The quantitative estimate of drug-likeness (QED) is 0.0619. The molecule has 0 aromatic carbocycles. The molecule has 0 aromatic rings. The highest BCUT2D eigenvalue weighted by Gasteiger charge is 2.19. The molecule has 4 nitrogen and oxygen atoms in total. The Balaban J connectivity index is 3.48.